The fourth-order valence-electron chi connectivity index (χ4n) is 1.56. The van der Waals surface area contributed by atoms with E-state index in [1.165, 1.54) is 7.05 Å². The number of amides is 1. The van der Waals surface area contributed by atoms with E-state index in [-0.39, 0.29) is 5.04 Å². The molecule has 1 aromatic carbocycles. The van der Waals surface area contributed by atoms with Crippen LogP contribution in [0.15, 0.2) is 24.3 Å². The highest BCUT2D eigenvalue weighted by atomic mass is 35.5. The predicted octanol–water partition coefficient (Wildman–Crippen LogP) is 4.76. The van der Waals surface area contributed by atoms with Crippen molar-refractivity contribution in [1.29, 1.82) is 0 Å². The monoisotopic (exact) mass is 343 g/mol. The van der Waals surface area contributed by atoms with Crippen LogP contribution in [-0.2, 0) is 9.16 Å². The lowest BCUT2D eigenvalue weighted by molar-refractivity contribution is 0.0617. The van der Waals surface area contributed by atoms with Crippen molar-refractivity contribution in [3.8, 4) is 0 Å². The maximum Gasteiger partial charge on any atom is 0.407 e. The van der Waals surface area contributed by atoms with Crippen molar-refractivity contribution in [2.24, 2.45) is 0 Å². The first-order valence-corrected chi connectivity index (χ1v) is 10.6. The van der Waals surface area contributed by atoms with Crippen LogP contribution in [0.1, 0.15) is 32.4 Å². The molecule has 0 aromatic heterocycles. The Bertz CT molecular complexity index is 497. The molecule has 0 bridgehead atoms. The quantitative estimate of drug-likeness (QED) is 0.784. The topological polar surface area (TPSA) is 47.6 Å². The fraction of sp³-hybridized carbons (Fsp3) is 0.562. The Morgan fingerprint density at radius 3 is 2.27 bits per heavy atom. The molecule has 0 fully saturated rings. The number of carbonyl (C=O) groups excluding carboxylic acids is 1. The molecule has 22 heavy (non-hydrogen) atoms. The van der Waals surface area contributed by atoms with Gasteiger partial charge in [0.2, 0.25) is 0 Å². The molecule has 1 unspecified atom stereocenters. The smallest absolute Gasteiger partial charge is 0.407 e. The number of rotatable bonds is 5. The maximum atomic E-state index is 11.6. The van der Waals surface area contributed by atoms with E-state index in [0.29, 0.717) is 11.6 Å². The lowest BCUT2D eigenvalue weighted by Gasteiger charge is -2.37. The van der Waals surface area contributed by atoms with E-state index < -0.39 is 20.5 Å². The Kier molecular flexibility index (Phi) is 6.46. The molecule has 1 aromatic rings. The second kappa shape index (κ2) is 7.48. The molecule has 0 spiro atoms. The summed E-state index contributed by atoms with van der Waals surface area (Å²) in [5.74, 6) is 0. The number of hydrogen-bond acceptors (Lipinski definition) is 3. The molecular formula is C16H26ClNO3Si. The highest BCUT2D eigenvalue weighted by Crippen LogP contribution is 2.37. The number of ether oxygens (including phenoxy) is 1. The van der Waals surface area contributed by atoms with E-state index in [9.17, 15) is 4.79 Å². The number of alkyl carbamates (subject to hydrolysis) is 1. The van der Waals surface area contributed by atoms with Gasteiger partial charge < -0.3 is 14.5 Å². The van der Waals surface area contributed by atoms with Gasteiger partial charge in [0.15, 0.2) is 14.4 Å². The molecule has 1 atom stereocenters. The van der Waals surface area contributed by atoms with Gasteiger partial charge in [-0.2, -0.15) is 0 Å². The van der Waals surface area contributed by atoms with Crippen LogP contribution in [0.25, 0.3) is 0 Å². The molecule has 4 nitrogen and oxygen atoms in total. The summed E-state index contributed by atoms with van der Waals surface area (Å²) in [5.41, 5.74) is 0.867. The maximum absolute atomic E-state index is 11.6. The third-order valence-corrected chi connectivity index (χ3v) is 8.85. The first kappa shape index (κ1) is 19.0. The average molecular weight is 344 g/mol. The molecule has 1 rings (SSSR count). The number of halogens is 1. The Hall–Kier alpha value is -1.04. The largest absolute Gasteiger partial charge is 0.439 e. The van der Waals surface area contributed by atoms with Crippen molar-refractivity contribution in [2.45, 2.75) is 45.0 Å². The number of carbonyl (C=O) groups is 1. The van der Waals surface area contributed by atoms with Gasteiger partial charge in [0, 0.05) is 12.1 Å². The second-order valence-corrected chi connectivity index (χ2v) is 12.0. The van der Waals surface area contributed by atoms with Crippen molar-refractivity contribution in [2.75, 3.05) is 13.7 Å². The van der Waals surface area contributed by atoms with Crippen LogP contribution in [0.2, 0.25) is 23.2 Å². The summed E-state index contributed by atoms with van der Waals surface area (Å²) in [5, 5.41) is 3.22. The molecule has 0 aliphatic heterocycles. The van der Waals surface area contributed by atoms with E-state index in [0.717, 1.165) is 5.56 Å². The summed E-state index contributed by atoms with van der Waals surface area (Å²) in [6, 6.07) is 7.27. The zero-order chi connectivity index (χ0) is 17.0. The summed E-state index contributed by atoms with van der Waals surface area (Å²) in [6.45, 7) is 11.2. The first-order chi connectivity index (χ1) is 10.1. The van der Waals surface area contributed by atoms with E-state index in [4.69, 9.17) is 20.8 Å². The SMILES string of the molecule is CNC(=O)OC(CO[Si](C)(C)C(C)(C)C)c1ccc(Cl)cc1. The normalized spacial score (nSPS) is 13.6. The van der Waals surface area contributed by atoms with Crippen molar-refractivity contribution in [3.05, 3.63) is 34.9 Å². The van der Waals surface area contributed by atoms with Crippen molar-refractivity contribution in [3.63, 3.8) is 0 Å². The van der Waals surface area contributed by atoms with E-state index >= 15 is 0 Å². The molecule has 1 N–H and O–H groups in total. The van der Waals surface area contributed by atoms with Crippen LogP contribution in [-0.4, -0.2) is 28.1 Å². The fourth-order valence-corrected chi connectivity index (χ4v) is 2.69. The lowest BCUT2D eigenvalue weighted by Crippen LogP contribution is -2.42. The number of hydrogen-bond donors (Lipinski definition) is 1. The Labute approximate surface area is 139 Å². The molecule has 6 heteroatoms. The Morgan fingerprint density at radius 1 is 1.27 bits per heavy atom. The summed E-state index contributed by atoms with van der Waals surface area (Å²) >= 11 is 5.91. The summed E-state index contributed by atoms with van der Waals surface area (Å²) < 4.78 is 11.6. The molecule has 1 amide bonds. The van der Waals surface area contributed by atoms with Gasteiger partial charge in [-0.05, 0) is 35.8 Å². The van der Waals surface area contributed by atoms with Crippen LogP contribution < -0.4 is 5.32 Å². The minimum atomic E-state index is -1.91. The molecule has 0 heterocycles. The molecule has 0 aliphatic rings. The number of benzene rings is 1. The summed E-state index contributed by atoms with van der Waals surface area (Å²) in [6.07, 6.45) is -0.926. The first-order valence-electron chi connectivity index (χ1n) is 7.34. The molecule has 0 aliphatic carbocycles. The van der Waals surface area contributed by atoms with Crippen LogP contribution in [0, 0.1) is 0 Å². The van der Waals surface area contributed by atoms with Gasteiger partial charge in [0.05, 0.1) is 6.61 Å². The van der Waals surface area contributed by atoms with Crippen molar-refractivity contribution >= 4 is 26.0 Å². The van der Waals surface area contributed by atoms with Gasteiger partial charge in [-0.3, -0.25) is 0 Å². The molecule has 0 saturated heterocycles. The van der Waals surface area contributed by atoms with Crippen LogP contribution in [0.3, 0.4) is 0 Å². The van der Waals surface area contributed by atoms with Gasteiger partial charge in [0.25, 0.3) is 0 Å². The lowest BCUT2D eigenvalue weighted by atomic mass is 10.1. The van der Waals surface area contributed by atoms with Gasteiger partial charge in [-0.15, -0.1) is 0 Å². The minimum absolute atomic E-state index is 0.102. The molecule has 124 valence electrons. The Balaban J connectivity index is 2.87. The zero-order valence-electron chi connectivity index (χ0n) is 14.2. The average Bonchev–Trinajstić information content (AvgIpc) is 2.43. The predicted molar refractivity (Wildman–Crippen MR) is 92.9 cm³/mol. The number of nitrogens with one attached hydrogen (secondary N) is 1. The van der Waals surface area contributed by atoms with Crippen LogP contribution >= 0.6 is 11.6 Å². The third kappa shape index (κ3) is 5.30. The van der Waals surface area contributed by atoms with Crippen LogP contribution in [0.4, 0.5) is 4.79 Å². The molecular weight excluding hydrogens is 318 g/mol. The van der Waals surface area contributed by atoms with Gasteiger partial charge in [0.1, 0.15) is 0 Å². The highest BCUT2D eigenvalue weighted by Gasteiger charge is 2.38. The standard InChI is InChI=1S/C16H26ClNO3Si/c1-16(2,3)22(5,6)20-11-14(21-15(19)18-4)12-7-9-13(17)10-8-12/h7-10,14H,11H2,1-6H3,(H,18,19). The molecule has 0 saturated carbocycles. The third-order valence-electron chi connectivity index (χ3n) is 4.10. The summed E-state index contributed by atoms with van der Waals surface area (Å²) in [4.78, 5) is 11.6. The van der Waals surface area contributed by atoms with Crippen molar-refractivity contribution < 1.29 is 14.0 Å². The Morgan fingerprint density at radius 2 is 1.82 bits per heavy atom. The van der Waals surface area contributed by atoms with E-state index in [1.807, 2.05) is 12.1 Å². The highest BCUT2D eigenvalue weighted by molar-refractivity contribution is 6.74. The zero-order valence-corrected chi connectivity index (χ0v) is 16.0. The summed E-state index contributed by atoms with van der Waals surface area (Å²) in [7, 11) is -0.373. The van der Waals surface area contributed by atoms with Gasteiger partial charge in [-0.25, -0.2) is 4.79 Å². The van der Waals surface area contributed by atoms with E-state index in [1.54, 1.807) is 12.1 Å². The van der Waals surface area contributed by atoms with Crippen molar-refractivity contribution in [1.82, 2.24) is 5.32 Å². The van der Waals surface area contributed by atoms with Gasteiger partial charge in [-0.1, -0.05) is 44.5 Å². The van der Waals surface area contributed by atoms with Crippen LogP contribution in [0.5, 0.6) is 0 Å². The minimum Gasteiger partial charge on any atom is -0.439 e. The van der Waals surface area contributed by atoms with Gasteiger partial charge >= 0.3 is 6.09 Å². The van der Waals surface area contributed by atoms with E-state index in [2.05, 4.69) is 39.2 Å². The second-order valence-electron chi connectivity index (χ2n) is 6.77. The molecule has 0 radical (unpaired) electrons.